The fourth-order valence-electron chi connectivity index (χ4n) is 1.76. The lowest BCUT2D eigenvalue weighted by atomic mass is 10.1. The predicted octanol–water partition coefficient (Wildman–Crippen LogP) is 1.51. The summed E-state index contributed by atoms with van der Waals surface area (Å²) in [4.78, 5) is 24.4. The van der Waals surface area contributed by atoms with Crippen molar-refractivity contribution in [2.75, 3.05) is 0 Å². The summed E-state index contributed by atoms with van der Waals surface area (Å²) in [5.41, 5.74) is 0. The number of rotatable bonds is 3. The first-order valence-corrected chi connectivity index (χ1v) is 5.18. The second-order valence-corrected chi connectivity index (χ2v) is 4.00. The standard InChI is InChI=1S/C10H18N2O2/c1-4-5-8-6-9(13)12(7(2)3)10(14)11-8/h7-8H,4-6H2,1-3H3,(H,11,14). The molecule has 1 unspecified atom stereocenters. The molecule has 1 aliphatic heterocycles. The number of hydrogen-bond donors (Lipinski definition) is 1. The summed E-state index contributed by atoms with van der Waals surface area (Å²) in [5, 5.41) is 2.85. The van der Waals surface area contributed by atoms with E-state index in [1.165, 1.54) is 4.90 Å². The van der Waals surface area contributed by atoms with E-state index in [4.69, 9.17) is 0 Å². The van der Waals surface area contributed by atoms with Gasteiger partial charge in [0.1, 0.15) is 0 Å². The molecule has 4 heteroatoms. The van der Waals surface area contributed by atoms with Crippen molar-refractivity contribution in [2.24, 2.45) is 0 Å². The summed E-state index contributed by atoms with van der Waals surface area (Å²) >= 11 is 0. The Kier molecular flexibility index (Phi) is 3.49. The van der Waals surface area contributed by atoms with Crippen LogP contribution in [0.2, 0.25) is 0 Å². The smallest absolute Gasteiger partial charge is 0.324 e. The highest BCUT2D eigenvalue weighted by Gasteiger charge is 2.32. The second-order valence-electron chi connectivity index (χ2n) is 4.00. The highest BCUT2D eigenvalue weighted by molar-refractivity contribution is 5.97. The van der Waals surface area contributed by atoms with Crippen LogP contribution in [0.1, 0.15) is 40.0 Å². The van der Waals surface area contributed by atoms with Crippen LogP contribution >= 0.6 is 0 Å². The molecule has 80 valence electrons. The number of urea groups is 1. The van der Waals surface area contributed by atoms with E-state index in [1.807, 2.05) is 20.8 Å². The van der Waals surface area contributed by atoms with Crippen LogP contribution in [0.15, 0.2) is 0 Å². The van der Waals surface area contributed by atoms with Crippen molar-refractivity contribution in [1.82, 2.24) is 10.2 Å². The van der Waals surface area contributed by atoms with Crippen molar-refractivity contribution in [1.29, 1.82) is 0 Å². The largest absolute Gasteiger partial charge is 0.334 e. The van der Waals surface area contributed by atoms with Crippen LogP contribution in [-0.4, -0.2) is 28.9 Å². The molecule has 0 bridgehead atoms. The summed E-state index contributed by atoms with van der Waals surface area (Å²) in [6.07, 6.45) is 2.31. The Morgan fingerprint density at radius 1 is 1.50 bits per heavy atom. The summed E-state index contributed by atoms with van der Waals surface area (Å²) in [6, 6.07) is -0.255. The van der Waals surface area contributed by atoms with E-state index in [-0.39, 0.29) is 24.0 Å². The molecule has 1 rings (SSSR count). The molecular formula is C10H18N2O2. The quantitative estimate of drug-likeness (QED) is 0.747. The first-order valence-electron chi connectivity index (χ1n) is 5.18. The molecule has 0 radical (unpaired) electrons. The van der Waals surface area contributed by atoms with E-state index < -0.39 is 0 Å². The summed E-state index contributed by atoms with van der Waals surface area (Å²) in [5.74, 6) is -0.0535. The predicted molar refractivity (Wildman–Crippen MR) is 53.8 cm³/mol. The van der Waals surface area contributed by atoms with Gasteiger partial charge in [0.25, 0.3) is 0 Å². The maximum Gasteiger partial charge on any atom is 0.324 e. The van der Waals surface area contributed by atoms with Crippen LogP contribution < -0.4 is 5.32 Å². The zero-order valence-electron chi connectivity index (χ0n) is 9.04. The minimum Gasteiger partial charge on any atom is -0.334 e. The Labute approximate surface area is 84.7 Å². The van der Waals surface area contributed by atoms with Crippen LogP contribution in [0.3, 0.4) is 0 Å². The fourth-order valence-corrected chi connectivity index (χ4v) is 1.76. The van der Waals surface area contributed by atoms with Gasteiger partial charge in [-0.15, -0.1) is 0 Å². The van der Waals surface area contributed by atoms with Gasteiger partial charge in [-0.05, 0) is 20.3 Å². The van der Waals surface area contributed by atoms with Crippen molar-refractivity contribution in [3.05, 3.63) is 0 Å². The minimum absolute atomic E-state index is 0.0370. The lowest BCUT2D eigenvalue weighted by molar-refractivity contribution is -0.131. The zero-order chi connectivity index (χ0) is 10.7. The SMILES string of the molecule is CCCC1CC(=O)N(C(C)C)C(=O)N1. The lowest BCUT2D eigenvalue weighted by Gasteiger charge is -2.33. The number of imide groups is 1. The molecule has 1 heterocycles. The minimum atomic E-state index is -0.241. The average Bonchev–Trinajstić information content (AvgIpc) is 2.01. The van der Waals surface area contributed by atoms with Crippen LogP contribution in [-0.2, 0) is 4.79 Å². The van der Waals surface area contributed by atoms with Crippen LogP contribution in [0.4, 0.5) is 4.79 Å². The Morgan fingerprint density at radius 2 is 2.14 bits per heavy atom. The van der Waals surface area contributed by atoms with Crippen molar-refractivity contribution in [2.45, 2.75) is 52.1 Å². The number of nitrogens with zero attached hydrogens (tertiary/aromatic N) is 1. The second kappa shape index (κ2) is 4.44. The van der Waals surface area contributed by atoms with Gasteiger partial charge in [-0.1, -0.05) is 13.3 Å². The van der Waals surface area contributed by atoms with Gasteiger partial charge in [-0.3, -0.25) is 9.69 Å². The fraction of sp³-hybridized carbons (Fsp3) is 0.800. The summed E-state index contributed by atoms with van der Waals surface area (Å²) in [6.45, 7) is 5.74. The van der Waals surface area contributed by atoms with E-state index >= 15 is 0 Å². The van der Waals surface area contributed by atoms with Gasteiger partial charge in [0.15, 0.2) is 0 Å². The maximum atomic E-state index is 11.6. The van der Waals surface area contributed by atoms with Crippen molar-refractivity contribution >= 4 is 11.9 Å². The van der Waals surface area contributed by atoms with Gasteiger partial charge in [0.2, 0.25) is 5.91 Å². The van der Waals surface area contributed by atoms with Gasteiger partial charge < -0.3 is 5.32 Å². The molecule has 0 saturated carbocycles. The van der Waals surface area contributed by atoms with Crippen LogP contribution in [0.25, 0.3) is 0 Å². The molecule has 14 heavy (non-hydrogen) atoms. The van der Waals surface area contributed by atoms with Crippen LogP contribution in [0.5, 0.6) is 0 Å². The number of carbonyl (C=O) groups is 2. The molecule has 1 atom stereocenters. The van der Waals surface area contributed by atoms with E-state index in [9.17, 15) is 9.59 Å². The van der Waals surface area contributed by atoms with E-state index in [2.05, 4.69) is 5.32 Å². The van der Waals surface area contributed by atoms with E-state index in [0.29, 0.717) is 6.42 Å². The first-order chi connectivity index (χ1) is 6.56. The number of carbonyl (C=O) groups excluding carboxylic acids is 2. The third-order valence-corrected chi connectivity index (χ3v) is 2.39. The van der Waals surface area contributed by atoms with Crippen molar-refractivity contribution in [3.63, 3.8) is 0 Å². The maximum absolute atomic E-state index is 11.6. The average molecular weight is 198 g/mol. The van der Waals surface area contributed by atoms with Gasteiger partial charge >= 0.3 is 6.03 Å². The molecule has 1 aliphatic rings. The highest BCUT2D eigenvalue weighted by atomic mass is 16.2. The molecule has 0 aromatic heterocycles. The normalized spacial score (nSPS) is 22.9. The highest BCUT2D eigenvalue weighted by Crippen LogP contribution is 2.13. The third-order valence-electron chi connectivity index (χ3n) is 2.39. The van der Waals surface area contributed by atoms with Gasteiger partial charge in [-0.25, -0.2) is 4.79 Å². The zero-order valence-corrected chi connectivity index (χ0v) is 9.04. The molecule has 0 aromatic carbocycles. The Bertz CT molecular complexity index is 220. The third kappa shape index (κ3) is 2.25. The Balaban J connectivity index is 2.63. The lowest BCUT2D eigenvalue weighted by Crippen LogP contribution is -2.56. The van der Waals surface area contributed by atoms with E-state index in [0.717, 1.165) is 12.8 Å². The van der Waals surface area contributed by atoms with Crippen LogP contribution in [0, 0.1) is 0 Å². The molecule has 1 saturated heterocycles. The molecule has 1 fully saturated rings. The van der Waals surface area contributed by atoms with Crippen molar-refractivity contribution < 1.29 is 9.59 Å². The molecule has 4 nitrogen and oxygen atoms in total. The first kappa shape index (κ1) is 11.0. The number of amides is 3. The monoisotopic (exact) mass is 198 g/mol. The molecule has 0 spiro atoms. The summed E-state index contributed by atoms with van der Waals surface area (Å²) < 4.78 is 0. The molecular weight excluding hydrogens is 180 g/mol. The van der Waals surface area contributed by atoms with Crippen molar-refractivity contribution in [3.8, 4) is 0 Å². The Hall–Kier alpha value is -1.06. The molecule has 0 aromatic rings. The van der Waals surface area contributed by atoms with Gasteiger partial charge in [0.05, 0.1) is 0 Å². The summed E-state index contributed by atoms with van der Waals surface area (Å²) in [7, 11) is 0. The van der Waals surface area contributed by atoms with E-state index in [1.54, 1.807) is 0 Å². The molecule has 3 amide bonds. The van der Waals surface area contributed by atoms with Gasteiger partial charge in [0, 0.05) is 18.5 Å². The molecule has 1 N–H and O–H groups in total. The number of hydrogen-bond acceptors (Lipinski definition) is 2. The molecule has 0 aliphatic carbocycles. The van der Waals surface area contributed by atoms with Gasteiger partial charge in [-0.2, -0.15) is 0 Å². The number of nitrogens with one attached hydrogen (secondary N) is 1. The Morgan fingerprint density at radius 3 is 2.57 bits per heavy atom. The topological polar surface area (TPSA) is 49.4 Å².